The third kappa shape index (κ3) is 4.63. The summed E-state index contributed by atoms with van der Waals surface area (Å²) in [6.07, 6.45) is 9.27. The number of carbonyl (C=O) groups excluding carboxylic acids is 1. The molecule has 1 aromatic rings. The van der Waals surface area contributed by atoms with Gasteiger partial charge >= 0.3 is 6.03 Å². The zero-order valence-corrected chi connectivity index (χ0v) is 9.28. The fraction of sp³-hybridized carbons (Fsp3) is 0.636. The van der Waals surface area contributed by atoms with E-state index in [4.69, 9.17) is 0 Å². The van der Waals surface area contributed by atoms with Crippen LogP contribution in [0, 0.1) is 0 Å². The van der Waals surface area contributed by atoms with Crippen molar-refractivity contribution in [2.75, 3.05) is 6.54 Å². The molecular formula is C11H19N3O. The number of nitrogens with one attached hydrogen (secondary N) is 1. The van der Waals surface area contributed by atoms with E-state index < -0.39 is 0 Å². The Morgan fingerprint density at radius 3 is 2.80 bits per heavy atom. The molecule has 1 heterocycles. The smallest absolute Gasteiger partial charge is 0.336 e. The Bertz CT molecular complexity index is 269. The molecule has 0 saturated heterocycles. The number of aromatic nitrogens is 2. The van der Waals surface area contributed by atoms with Gasteiger partial charge in [-0.05, 0) is 12.5 Å². The number of hydrogen-bond donors (Lipinski definition) is 1. The maximum Gasteiger partial charge on any atom is 0.342 e. The zero-order valence-electron chi connectivity index (χ0n) is 9.28. The Kier molecular flexibility index (Phi) is 5.51. The van der Waals surface area contributed by atoms with E-state index in [1.807, 2.05) is 0 Å². The van der Waals surface area contributed by atoms with Crippen molar-refractivity contribution in [3.05, 3.63) is 18.5 Å². The SMILES string of the molecule is CCCCCCCNC(=O)n1cccn1. The first-order valence-corrected chi connectivity index (χ1v) is 5.62. The normalized spacial score (nSPS) is 10.2. The van der Waals surface area contributed by atoms with Crippen LogP contribution in [-0.4, -0.2) is 22.4 Å². The summed E-state index contributed by atoms with van der Waals surface area (Å²) in [6, 6.07) is 1.59. The molecule has 0 saturated carbocycles. The van der Waals surface area contributed by atoms with E-state index in [9.17, 15) is 4.79 Å². The topological polar surface area (TPSA) is 46.9 Å². The number of unbranched alkanes of at least 4 members (excludes halogenated alkanes) is 4. The summed E-state index contributed by atoms with van der Waals surface area (Å²) in [4.78, 5) is 11.4. The lowest BCUT2D eigenvalue weighted by molar-refractivity contribution is 0.239. The van der Waals surface area contributed by atoms with Crippen molar-refractivity contribution >= 4 is 6.03 Å². The largest absolute Gasteiger partial charge is 0.342 e. The van der Waals surface area contributed by atoms with Gasteiger partial charge < -0.3 is 5.32 Å². The highest BCUT2D eigenvalue weighted by Gasteiger charge is 2.01. The van der Waals surface area contributed by atoms with Gasteiger partial charge in [0, 0.05) is 18.9 Å². The van der Waals surface area contributed by atoms with E-state index in [0.29, 0.717) is 0 Å². The highest BCUT2D eigenvalue weighted by molar-refractivity contribution is 5.75. The van der Waals surface area contributed by atoms with Crippen LogP contribution >= 0.6 is 0 Å². The first kappa shape index (κ1) is 11.8. The maximum atomic E-state index is 11.4. The number of nitrogens with zero attached hydrogens (tertiary/aromatic N) is 2. The maximum absolute atomic E-state index is 11.4. The Hall–Kier alpha value is -1.32. The van der Waals surface area contributed by atoms with Crippen LogP contribution in [0.1, 0.15) is 39.0 Å². The lowest BCUT2D eigenvalue weighted by Gasteiger charge is -2.04. The Morgan fingerprint density at radius 2 is 2.13 bits per heavy atom. The molecule has 0 unspecified atom stereocenters. The van der Waals surface area contributed by atoms with Crippen LogP contribution < -0.4 is 5.32 Å². The molecule has 0 bridgehead atoms. The molecule has 0 aromatic carbocycles. The van der Waals surface area contributed by atoms with Gasteiger partial charge in [0.2, 0.25) is 0 Å². The minimum atomic E-state index is -0.143. The van der Waals surface area contributed by atoms with Gasteiger partial charge in [-0.2, -0.15) is 9.78 Å². The van der Waals surface area contributed by atoms with E-state index in [0.717, 1.165) is 13.0 Å². The van der Waals surface area contributed by atoms with Crippen LogP contribution in [0.3, 0.4) is 0 Å². The van der Waals surface area contributed by atoms with Crippen molar-refractivity contribution in [1.82, 2.24) is 15.1 Å². The van der Waals surface area contributed by atoms with Gasteiger partial charge in [-0.15, -0.1) is 0 Å². The fourth-order valence-corrected chi connectivity index (χ4v) is 1.39. The van der Waals surface area contributed by atoms with Gasteiger partial charge in [0.1, 0.15) is 0 Å². The second-order valence-corrected chi connectivity index (χ2v) is 3.60. The summed E-state index contributed by atoms with van der Waals surface area (Å²) in [6.45, 7) is 2.93. The fourth-order valence-electron chi connectivity index (χ4n) is 1.39. The van der Waals surface area contributed by atoms with Crippen LogP contribution in [0.15, 0.2) is 18.5 Å². The third-order valence-corrected chi connectivity index (χ3v) is 2.27. The van der Waals surface area contributed by atoms with E-state index in [1.54, 1.807) is 18.5 Å². The number of hydrogen-bond acceptors (Lipinski definition) is 2. The van der Waals surface area contributed by atoms with Gasteiger partial charge in [0.05, 0.1) is 0 Å². The minimum absolute atomic E-state index is 0.143. The Balaban J connectivity index is 2.03. The molecule has 0 aliphatic carbocycles. The summed E-state index contributed by atoms with van der Waals surface area (Å²) in [5, 5.41) is 6.67. The van der Waals surface area contributed by atoms with Crippen molar-refractivity contribution < 1.29 is 4.79 Å². The Morgan fingerprint density at radius 1 is 1.33 bits per heavy atom. The predicted molar refractivity (Wildman–Crippen MR) is 59.8 cm³/mol. The summed E-state index contributed by atoms with van der Waals surface area (Å²) in [5.74, 6) is 0. The molecule has 15 heavy (non-hydrogen) atoms. The van der Waals surface area contributed by atoms with Gasteiger partial charge in [-0.1, -0.05) is 32.6 Å². The molecule has 0 spiro atoms. The summed E-state index contributed by atoms with van der Waals surface area (Å²) < 4.78 is 1.31. The van der Waals surface area contributed by atoms with Crippen LogP contribution in [0.5, 0.6) is 0 Å². The molecule has 4 heteroatoms. The molecule has 1 aromatic heterocycles. The van der Waals surface area contributed by atoms with Gasteiger partial charge in [-0.25, -0.2) is 4.79 Å². The van der Waals surface area contributed by atoms with Gasteiger partial charge in [0.25, 0.3) is 0 Å². The average Bonchev–Trinajstić information content (AvgIpc) is 2.76. The number of carbonyl (C=O) groups is 1. The lowest BCUT2D eigenvalue weighted by atomic mass is 10.1. The molecule has 1 N–H and O–H groups in total. The van der Waals surface area contributed by atoms with Crippen LogP contribution in [0.4, 0.5) is 4.79 Å². The predicted octanol–water partition coefficient (Wildman–Crippen LogP) is 2.41. The molecule has 1 amide bonds. The average molecular weight is 209 g/mol. The molecular weight excluding hydrogens is 190 g/mol. The zero-order chi connectivity index (χ0) is 10.9. The second-order valence-electron chi connectivity index (χ2n) is 3.60. The first-order chi connectivity index (χ1) is 7.34. The summed E-state index contributed by atoms with van der Waals surface area (Å²) in [7, 11) is 0. The molecule has 0 radical (unpaired) electrons. The minimum Gasteiger partial charge on any atom is -0.336 e. The molecule has 0 fully saturated rings. The molecule has 0 aliphatic heterocycles. The Labute approximate surface area is 90.7 Å². The third-order valence-electron chi connectivity index (χ3n) is 2.27. The van der Waals surface area contributed by atoms with Crippen LogP contribution in [0.25, 0.3) is 0 Å². The lowest BCUT2D eigenvalue weighted by Crippen LogP contribution is -2.29. The van der Waals surface area contributed by atoms with Gasteiger partial charge in [-0.3, -0.25) is 0 Å². The van der Waals surface area contributed by atoms with Crippen molar-refractivity contribution in [3.8, 4) is 0 Å². The summed E-state index contributed by atoms with van der Waals surface area (Å²) in [5.41, 5.74) is 0. The monoisotopic (exact) mass is 209 g/mol. The molecule has 0 atom stereocenters. The van der Waals surface area contributed by atoms with E-state index in [1.165, 1.54) is 30.4 Å². The molecule has 84 valence electrons. The molecule has 4 nitrogen and oxygen atoms in total. The standard InChI is InChI=1S/C11H19N3O/c1-2-3-4-5-6-8-12-11(15)14-10-7-9-13-14/h7,9-10H,2-6,8H2,1H3,(H,12,15). The van der Waals surface area contributed by atoms with E-state index in [2.05, 4.69) is 17.3 Å². The highest BCUT2D eigenvalue weighted by atomic mass is 16.2. The quantitative estimate of drug-likeness (QED) is 0.731. The van der Waals surface area contributed by atoms with Crippen molar-refractivity contribution in [1.29, 1.82) is 0 Å². The van der Waals surface area contributed by atoms with Gasteiger partial charge in [0.15, 0.2) is 0 Å². The van der Waals surface area contributed by atoms with Crippen molar-refractivity contribution in [2.24, 2.45) is 0 Å². The van der Waals surface area contributed by atoms with Crippen LogP contribution in [0.2, 0.25) is 0 Å². The first-order valence-electron chi connectivity index (χ1n) is 5.62. The van der Waals surface area contributed by atoms with E-state index in [-0.39, 0.29) is 6.03 Å². The van der Waals surface area contributed by atoms with Crippen molar-refractivity contribution in [3.63, 3.8) is 0 Å². The highest BCUT2D eigenvalue weighted by Crippen LogP contribution is 2.01. The summed E-state index contributed by atoms with van der Waals surface area (Å²) >= 11 is 0. The number of rotatable bonds is 6. The number of amides is 1. The molecule has 0 aliphatic rings. The van der Waals surface area contributed by atoms with Crippen LogP contribution in [-0.2, 0) is 0 Å². The van der Waals surface area contributed by atoms with Crippen molar-refractivity contribution in [2.45, 2.75) is 39.0 Å². The molecule has 1 rings (SSSR count). The van der Waals surface area contributed by atoms with E-state index >= 15 is 0 Å². The second kappa shape index (κ2) is 7.04.